The number of aromatic nitrogens is 4. The van der Waals surface area contributed by atoms with Gasteiger partial charge in [-0.25, -0.2) is 4.68 Å². The number of carboxylic acids is 1. The van der Waals surface area contributed by atoms with Crippen LogP contribution >= 0.6 is 0 Å². The van der Waals surface area contributed by atoms with Crippen LogP contribution in [0.1, 0.15) is 38.4 Å². The molecule has 0 aromatic carbocycles. The Hall–Kier alpha value is -1.46. The van der Waals surface area contributed by atoms with Crippen LogP contribution in [-0.4, -0.2) is 31.3 Å². The Morgan fingerprint density at radius 1 is 1.64 bits per heavy atom. The van der Waals surface area contributed by atoms with Crippen LogP contribution in [0.25, 0.3) is 0 Å². The predicted octanol–water partition coefficient (Wildman–Crippen LogP) is 0.661. The predicted molar refractivity (Wildman–Crippen MR) is 48.8 cm³/mol. The molecule has 1 atom stereocenters. The molecule has 6 heteroatoms. The lowest BCUT2D eigenvalue weighted by Gasteiger charge is -2.06. The third-order valence-electron chi connectivity index (χ3n) is 2.04. The smallest absolute Gasteiger partial charge is 0.314 e. The molecule has 0 spiro atoms. The van der Waals surface area contributed by atoms with Crippen LogP contribution in [0.4, 0.5) is 0 Å². The van der Waals surface area contributed by atoms with Gasteiger partial charge >= 0.3 is 5.97 Å². The summed E-state index contributed by atoms with van der Waals surface area (Å²) in [5, 5.41) is 19.7. The molecular formula is C8H14N4O2. The van der Waals surface area contributed by atoms with Gasteiger partial charge in [-0.3, -0.25) is 4.79 Å². The van der Waals surface area contributed by atoms with Crippen molar-refractivity contribution in [3.63, 3.8) is 0 Å². The summed E-state index contributed by atoms with van der Waals surface area (Å²) < 4.78 is 1.56. The number of unbranched alkanes of at least 4 members (excludes halogenated alkanes) is 1. The van der Waals surface area contributed by atoms with Crippen molar-refractivity contribution in [2.24, 2.45) is 0 Å². The number of tetrazole rings is 1. The van der Waals surface area contributed by atoms with Crippen molar-refractivity contribution in [1.82, 2.24) is 20.2 Å². The first-order chi connectivity index (χ1) is 6.66. The summed E-state index contributed by atoms with van der Waals surface area (Å²) in [6.07, 6.45) is 1.98. The molecule has 78 valence electrons. The fourth-order valence-electron chi connectivity index (χ4n) is 1.10. The summed E-state index contributed by atoms with van der Waals surface area (Å²) in [7, 11) is 0. The van der Waals surface area contributed by atoms with E-state index >= 15 is 0 Å². The van der Waals surface area contributed by atoms with Gasteiger partial charge in [-0.15, -0.1) is 5.10 Å². The van der Waals surface area contributed by atoms with E-state index in [1.165, 1.54) is 0 Å². The van der Waals surface area contributed by atoms with Gasteiger partial charge in [0.05, 0.1) is 0 Å². The number of aliphatic carboxylic acids is 1. The molecule has 1 heterocycles. The first-order valence-electron chi connectivity index (χ1n) is 4.65. The van der Waals surface area contributed by atoms with Crippen LogP contribution in [0, 0.1) is 0 Å². The number of rotatable bonds is 5. The van der Waals surface area contributed by atoms with Crippen LogP contribution in [0.15, 0.2) is 0 Å². The monoisotopic (exact) mass is 198 g/mol. The average Bonchev–Trinajstić information content (AvgIpc) is 2.61. The van der Waals surface area contributed by atoms with Gasteiger partial charge in [0.1, 0.15) is 5.92 Å². The lowest BCUT2D eigenvalue weighted by molar-refractivity contribution is -0.138. The molecule has 1 aromatic rings. The quantitative estimate of drug-likeness (QED) is 0.751. The van der Waals surface area contributed by atoms with Gasteiger partial charge in [0.25, 0.3) is 0 Å². The fraction of sp³-hybridized carbons (Fsp3) is 0.750. The molecule has 0 saturated carbocycles. The van der Waals surface area contributed by atoms with Crippen molar-refractivity contribution in [2.75, 3.05) is 0 Å². The van der Waals surface area contributed by atoms with Crippen molar-refractivity contribution in [2.45, 2.75) is 39.2 Å². The zero-order valence-electron chi connectivity index (χ0n) is 8.34. The maximum absolute atomic E-state index is 10.7. The third-order valence-corrected chi connectivity index (χ3v) is 2.04. The third kappa shape index (κ3) is 2.27. The molecule has 1 rings (SSSR count). The lowest BCUT2D eigenvalue weighted by Crippen LogP contribution is -2.15. The van der Waals surface area contributed by atoms with E-state index in [1.807, 2.05) is 0 Å². The first-order valence-corrected chi connectivity index (χ1v) is 4.65. The van der Waals surface area contributed by atoms with Crippen LogP contribution in [-0.2, 0) is 11.3 Å². The molecule has 1 N–H and O–H groups in total. The highest BCUT2D eigenvalue weighted by atomic mass is 16.4. The van der Waals surface area contributed by atoms with Gasteiger partial charge < -0.3 is 5.11 Å². The van der Waals surface area contributed by atoms with Gasteiger partial charge in [-0.05, 0) is 23.8 Å². The highest BCUT2D eigenvalue weighted by Crippen LogP contribution is 2.11. The van der Waals surface area contributed by atoms with E-state index < -0.39 is 11.9 Å². The number of nitrogens with zero attached hydrogens (tertiary/aromatic N) is 4. The molecule has 0 saturated heterocycles. The van der Waals surface area contributed by atoms with E-state index in [0.29, 0.717) is 12.4 Å². The summed E-state index contributed by atoms with van der Waals surface area (Å²) in [6, 6.07) is 0. The summed E-state index contributed by atoms with van der Waals surface area (Å²) in [4.78, 5) is 10.7. The van der Waals surface area contributed by atoms with E-state index in [-0.39, 0.29) is 0 Å². The Labute approximate surface area is 81.9 Å². The molecule has 0 aliphatic rings. The SMILES string of the molecule is CCCCn1nnnc1C(C)C(=O)O. The minimum Gasteiger partial charge on any atom is -0.481 e. The van der Waals surface area contributed by atoms with Gasteiger partial charge in [0.15, 0.2) is 5.82 Å². The number of aryl methyl sites for hydroxylation is 1. The van der Waals surface area contributed by atoms with E-state index in [0.717, 1.165) is 12.8 Å². The largest absolute Gasteiger partial charge is 0.481 e. The fourth-order valence-corrected chi connectivity index (χ4v) is 1.10. The Bertz CT molecular complexity index is 310. The summed E-state index contributed by atoms with van der Waals surface area (Å²) in [5.74, 6) is -1.13. The second-order valence-corrected chi connectivity index (χ2v) is 3.17. The van der Waals surface area contributed by atoms with Gasteiger partial charge in [-0.2, -0.15) is 0 Å². The Kier molecular flexibility index (Phi) is 3.55. The van der Waals surface area contributed by atoms with Crippen molar-refractivity contribution in [3.8, 4) is 0 Å². The number of hydrogen-bond donors (Lipinski definition) is 1. The van der Waals surface area contributed by atoms with E-state index in [1.54, 1.807) is 11.6 Å². The standard InChI is InChI=1S/C8H14N4O2/c1-3-4-5-12-7(9-10-11-12)6(2)8(13)14/h6H,3-5H2,1-2H3,(H,13,14). The van der Waals surface area contributed by atoms with E-state index in [9.17, 15) is 4.79 Å². The average molecular weight is 198 g/mol. The van der Waals surface area contributed by atoms with Crippen LogP contribution in [0.3, 0.4) is 0 Å². The Balaban J connectivity index is 2.76. The van der Waals surface area contributed by atoms with Crippen LogP contribution in [0.2, 0.25) is 0 Å². The molecule has 0 aliphatic heterocycles. The summed E-state index contributed by atoms with van der Waals surface area (Å²) in [6.45, 7) is 4.32. The maximum Gasteiger partial charge on any atom is 0.314 e. The summed E-state index contributed by atoms with van der Waals surface area (Å²) in [5.41, 5.74) is 0. The Morgan fingerprint density at radius 2 is 2.36 bits per heavy atom. The maximum atomic E-state index is 10.7. The molecular weight excluding hydrogens is 184 g/mol. The lowest BCUT2D eigenvalue weighted by atomic mass is 10.2. The normalized spacial score (nSPS) is 12.7. The van der Waals surface area contributed by atoms with Crippen molar-refractivity contribution >= 4 is 5.97 Å². The molecule has 14 heavy (non-hydrogen) atoms. The van der Waals surface area contributed by atoms with Crippen LogP contribution < -0.4 is 0 Å². The minimum atomic E-state index is -0.905. The van der Waals surface area contributed by atoms with Gasteiger partial charge in [0.2, 0.25) is 0 Å². The van der Waals surface area contributed by atoms with Gasteiger partial charge in [-0.1, -0.05) is 13.3 Å². The number of carbonyl (C=O) groups is 1. The second kappa shape index (κ2) is 4.69. The molecule has 0 radical (unpaired) electrons. The molecule has 0 aliphatic carbocycles. The minimum absolute atomic E-state index is 0.422. The summed E-state index contributed by atoms with van der Waals surface area (Å²) >= 11 is 0. The highest BCUT2D eigenvalue weighted by Gasteiger charge is 2.20. The van der Waals surface area contributed by atoms with Crippen molar-refractivity contribution in [3.05, 3.63) is 5.82 Å². The molecule has 1 unspecified atom stereocenters. The van der Waals surface area contributed by atoms with Crippen LogP contribution in [0.5, 0.6) is 0 Å². The molecule has 0 fully saturated rings. The van der Waals surface area contributed by atoms with Crippen molar-refractivity contribution < 1.29 is 9.90 Å². The second-order valence-electron chi connectivity index (χ2n) is 3.17. The first kappa shape index (κ1) is 10.6. The topological polar surface area (TPSA) is 80.9 Å². The van der Waals surface area contributed by atoms with Gasteiger partial charge in [0, 0.05) is 6.54 Å². The van der Waals surface area contributed by atoms with E-state index in [2.05, 4.69) is 22.4 Å². The number of hydrogen-bond acceptors (Lipinski definition) is 4. The zero-order valence-corrected chi connectivity index (χ0v) is 8.34. The molecule has 0 amide bonds. The Morgan fingerprint density at radius 3 is 2.93 bits per heavy atom. The molecule has 1 aromatic heterocycles. The van der Waals surface area contributed by atoms with Crippen molar-refractivity contribution in [1.29, 1.82) is 0 Å². The highest BCUT2D eigenvalue weighted by molar-refractivity contribution is 5.74. The zero-order chi connectivity index (χ0) is 10.6. The molecule has 0 bridgehead atoms. The van der Waals surface area contributed by atoms with E-state index in [4.69, 9.17) is 5.11 Å². The molecule has 6 nitrogen and oxygen atoms in total. The number of carboxylic acid groups (broad SMARTS) is 1.